The van der Waals surface area contributed by atoms with Gasteiger partial charge < -0.3 is 19.1 Å². The number of esters is 1. The average Bonchev–Trinajstić information content (AvgIpc) is 3.18. The van der Waals surface area contributed by atoms with Gasteiger partial charge in [0.15, 0.2) is 11.5 Å². The maximum Gasteiger partial charge on any atom is 0.307 e. The van der Waals surface area contributed by atoms with Crippen LogP contribution in [0.15, 0.2) is 18.2 Å². The molecule has 1 aromatic carbocycles. The fraction of sp³-hybridized carbons (Fsp3) is 0.636. The molecular weight excluding hydrogens is 358 g/mol. The highest BCUT2D eigenvalue weighted by Gasteiger charge is 2.21. The van der Waals surface area contributed by atoms with Crippen molar-refractivity contribution < 1.29 is 23.8 Å². The van der Waals surface area contributed by atoms with E-state index in [1.54, 1.807) is 11.8 Å². The third-order valence-corrected chi connectivity index (χ3v) is 5.55. The zero-order chi connectivity index (χ0) is 19.8. The van der Waals surface area contributed by atoms with Gasteiger partial charge in [0.25, 0.3) is 0 Å². The number of benzene rings is 1. The van der Waals surface area contributed by atoms with Crippen LogP contribution in [0.5, 0.6) is 11.5 Å². The number of amides is 1. The lowest BCUT2D eigenvalue weighted by Crippen LogP contribution is -2.33. The first-order chi connectivity index (χ1) is 13.7. The second-order valence-corrected chi connectivity index (χ2v) is 7.60. The Hall–Kier alpha value is -2.24. The monoisotopic (exact) mass is 389 g/mol. The molecule has 0 unspecified atom stereocenters. The van der Waals surface area contributed by atoms with Gasteiger partial charge in [0.05, 0.1) is 13.0 Å². The van der Waals surface area contributed by atoms with Crippen LogP contribution in [-0.4, -0.2) is 36.7 Å². The van der Waals surface area contributed by atoms with E-state index in [9.17, 15) is 9.59 Å². The first-order valence-corrected chi connectivity index (χ1v) is 10.5. The molecule has 6 heteroatoms. The molecule has 2 aliphatic rings. The Labute approximate surface area is 167 Å². The molecule has 1 aliphatic heterocycles. The number of hydrogen-bond donors (Lipinski definition) is 0. The highest BCUT2D eigenvalue weighted by atomic mass is 16.7. The van der Waals surface area contributed by atoms with E-state index in [-0.39, 0.29) is 25.1 Å². The van der Waals surface area contributed by atoms with Gasteiger partial charge in [-0.05, 0) is 37.0 Å². The number of rotatable bonds is 9. The van der Waals surface area contributed by atoms with Crippen molar-refractivity contribution in [2.75, 3.05) is 19.9 Å². The molecule has 1 fully saturated rings. The van der Waals surface area contributed by atoms with Gasteiger partial charge in [0.1, 0.15) is 0 Å². The maximum absolute atomic E-state index is 12.9. The van der Waals surface area contributed by atoms with E-state index in [1.807, 2.05) is 18.2 Å². The Morgan fingerprint density at radius 1 is 1.11 bits per heavy atom. The van der Waals surface area contributed by atoms with Crippen LogP contribution in [0.1, 0.15) is 63.9 Å². The van der Waals surface area contributed by atoms with Crippen molar-refractivity contribution in [2.24, 2.45) is 5.92 Å². The van der Waals surface area contributed by atoms with Crippen molar-refractivity contribution in [3.05, 3.63) is 23.8 Å². The molecule has 0 atom stereocenters. The lowest BCUT2D eigenvalue weighted by atomic mass is 9.86. The standard InChI is InChI=1S/C22H31NO5/c1-2-26-22(25)12-13-23(21(24)11-9-17-6-4-3-5-7-17)15-18-8-10-19-20(14-18)28-16-27-19/h8,10,14,17H,2-7,9,11-13,15-16H2,1H3. The summed E-state index contributed by atoms with van der Waals surface area (Å²) in [6.45, 7) is 3.20. The van der Waals surface area contributed by atoms with Gasteiger partial charge >= 0.3 is 5.97 Å². The molecular formula is C22H31NO5. The summed E-state index contributed by atoms with van der Waals surface area (Å²) in [5.41, 5.74) is 0.971. The topological polar surface area (TPSA) is 65.1 Å². The highest BCUT2D eigenvalue weighted by molar-refractivity contribution is 5.77. The Morgan fingerprint density at radius 2 is 1.89 bits per heavy atom. The van der Waals surface area contributed by atoms with Crippen molar-refractivity contribution in [1.29, 1.82) is 0 Å². The first-order valence-electron chi connectivity index (χ1n) is 10.5. The Bertz CT molecular complexity index is 669. The Kier molecular flexibility index (Phi) is 7.57. The number of fused-ring (bicyclic) bond motifs is 1. The maximum atomic E-state index is 12.9. The quantitative estimate of drug-likeness (QED) is 0.596. The predicted molar refractivity (Wildman–Crippen MR) is 105 cm³/mol. The fourth-order valence-corrected chi connectivity index (χ4v) is 3.97. The molecule has 0 N–H and O–H groups in total. The summed E-state index contributed by atoms with van der Waals surface area (Å²) in [6.07, 6.45) is 8.05. The van der Waals surface area contributed by atoms with Gasteiger partial charge in [-0.3, -0.25) is 9.59 Å². The fourth-order valence-electron chi connectivity index (χ4n) is 3.97. The van der Waals surface area contributed by atoms with Crippen LogP contribution in [0.3, 0.4) is 0 Å². The van der Waals surface area contributed by atoms with E-state index in [0.717, 1.165) is 17.7 Å². The number of ether oxygens (including phenoxy) is 3. The van der Waals surface area contributed by atoms with Gasteiger partial charge in [-0.25, -0.2) is 0 Å². The van der Waals surface area contributed by atoms with E-state index < -0.39 is 0 Å². The predicted octanol–water partition coefficient (Wildman–Crippen LogP) is 4.06. The Balaban J connectivity index is 1.59. The zero-order valence-electron chi connectivity index (χ0n) is 16.8. The highest BCUT2D eigenvalue weighted by Crippen LogP contribution is 2.33. The second kappa shape index (κ2) is 10.3. The van der Waals surface area contributed by atoms with E-state index in [4.69, 9.17) is 14.2 Å². The van der Waals surface area contributed by atoms with E-state index in [1.165, 1.54) is 32.1 Å². The number of carbonyl (C=O) groups excluding carboxylic acids is 2. The summed E-state index contributed by atoms with van der Waals surface area (Å²) in [4.78, 5) is 26.5. The molecule has 0 saturated heterocycles. The van der Waals surface area contributed by atoms with Gasteiger partial charge in [-0.2, -0.15) is 0 Å². The molecule has 1 aromatic rings. The van der Waals surface area contributed by atoms with E-state index in [0.29, 0.717) is 37.8 Å². The molecule has 28 heavy (non-hydrogen) atoms. The lowest BCUT2D eigenvalue weighted by Gasteiger charge is -2.25. The summed E-state index contributed by atoms with van der Waals surface area (Å²) in [5.74, 6) is 1.93. The van der Waals surface area contributed by atoms with Crippen molar-refractivity contribution >= 4 is 11.9 Å². The molecule has 1 saturated carbocycles. The normalized spacial score (nSPS) is 16.0. The zero-order valence-corrected chi connectivity index (χ0v) is 16.8. The van der Waals surface area contributed by atoms with Crippen LogP contribution in [0.4, 0.5) is 0 Å². The van der Waals surface area contributed by atoms with Gasteiger partial charge in [0.2, 0.25) is 12.7 Å². The van der Waals surface area contributed by atoms with Gasteiger partial charge in [-0.1, -0.05) is 38.2 Å². The van der Waals surface area contributed by atoms with E-state index >= 15 is 0 Å². The first kappa shape index (κ1) is 20.5. The lowest BCUT2D eigenvalue weighted by molar-refractivity contribution is -0.144. The minimum atomic E-state index is -0.265. The summed E-state index contributed by atoms with van der Waals surface area (Å²) < 4.78 is 15.8. The summed E-state index contributed by atoms with van der Waals surface area (Å²) >= 11 is 0. The van der Waals surface area contributed by atoms with Crippen molar-refractivity contribution in [3.8, 4) is 11.5 Å². The smallest absolute Gasteiger partial charge is 0.307 e. The summed E-state index contributed by atoms with van der Waals surface area (Å²) in [5, 5.41) is 0. The molecule has 0 aromatic heterocycles. The minimum Gasteiger partial charge on any atom is -0.466 e. The van der Waals surface area contributed by atoms with Crippen LogP contribution in [0.2, 0.25) is 0 Å². The number of nitrogens with zero attached hydrogens (tertiary/aromatic N) is 1. The van der Waals surface area contributed by atoms with E-state index in [2.05, 4.69) is 0 Å². The van der Waals surface area contributed by atoms with Crippen LogP contribution < -0.4 is 9.47 Å². The largest absolute Gasteiger partial charge is 0.466 e. The van der Waals surface area contributed by atoms with Crippen LogP contribution in [-0.2, 0) is 20.9 Å². The average molecular weight is 389 g/mol. The van der Waals surface area contributed by atoms with Crippen LogP contribution >= 0.6 is 0 Å². The Morgan fingerprint density at radius 3 is 2.68 bits per heavy atom. The molecule has 1 aliphatic carbocycles. The molecule has 6 nitrogen and oxygen atoms in total. The van der Waals surface area contributed by atoms with Gasteiger partial charge in [0, 0.05) is 19.5 Å². The third-order valence-electron chi connectivity index (χ3n) is 5.55. The number of carbonyl (C=O) groups is 2. The van der Waals surface area contributed by atoms with Crippen molar-refractivity contribution in [2.45, 2.75) is 64.8 Å². The molecule has 0 bridgehead atoms. The molecule has 0 radical (unpaired) electrons. The van der Waals surface area contributed by atoms with Gasteiger partial charge in [-0.15, -0.1) is 0 Å². The molecule has 154 valence electrons. The second-order valence-electron chi connectivity index (χ2n) is 7.60. The van der Waals surface area contributed by atoms with Crippen LogP contribution in [0.25, 0.3) is 0 Å². The van der Waals surface area contributed by atoms with Crippen molar-refractivity contribution in [1.82, 2.24) is 4.90 Å². The third kappa shape index (κ3) is 5.88. The van der Waals surface area contributed by atoms with Crippen LogP contribution in [0, 0.1) is 5.92 Å². The van der Waals surface area contributed by atoms with Crippen molar-refractivity contribution in [3.63, 3.8) is 0 Å². The molecule has 0 spiro atoms. The summed E-state index contributed by atoms with van der Waals surface area (Å²) in [7, 11) is 0. The molecule has 1 heterocycles. The molecule has 1 amide bonds. The molecule has 3 rings (SSSR count). The minimum absolute atomic E-state index is 0.104. The SMILES string of the molecule is CCOC(=O)CCN(Cc1ccc2c(c1)OCO2)C(=O)CCC1CCCCC1. The number of hydrogen-bond acceptors (Lipinski definition) is 5. The summed E-state index contributed by atoms with van der Waals surface area (Å²) in [6, 6.07) is 5.72.